The number of nitrogens with zero attached hydrogens (tertiary/aromatic N) is 4. The summed E-state index contributed by atoms with van der Waals surface area (Å²) >= 11 is 3.34. The second kappa shape index (κ2) is 7.21. The Morgan fingerprint density at radius 1 is 1.32 bits per heavy atom. The van der Waals surface area contributed by atoms with Crippen LogP contribution in [0.3, 0.4) is 0 Å². The van der Waals surface area contributed by atoms with Crippen molar-refractivity contribution in [2.75, 3.05) is 44.7 Å². The lowest BCUT2D eigenvalue weighted by atomic mass is 10.3. The van der Waals surface area contributed by atoms with Gasteiger partial charge in [-0.2, -0.15) is 11.3 Å². The zero-order chi connectivity index (χ0) is 15.4. The van der Waals surface area contributed by atoms with Crippen molar-refractivity contribution >= 4 is 33.7 Å². The Bertz CT molecular complexity index is 577. The van der Waals surface area contributed by atoms with Gasteiger partial charge in [0.05, 0.1) is 6.54 Å². The Kier molecular flexibility index (Phi) is 5.07. The van der Waals surface area contributed by atoms with Gasteiger partial charge in [0, 0.05) is 51.3 Å². The number of thiophene rings is 1. The maximum Gasteiger partial charge on any atom is 0.236 e. The minimum Gasteiger partial charge on any atom is -0.346 e. The summed E-state index contributed by atoms with van der Waals surface area (Å²) in [6.45, 7) is 4.91. The Morgan fingerprint density at radius 3 is 2.77 bits per heavy atom. The van der Waals surface area contributed by atoms with Crippen LogP contribution in [0.5, 0.6) is 0 Å². The van der Waals surface area contributed by atoms with E-state index in [4.69, 9.17) is 0 Å². The summed E-state index contributed by atoms with van der Waals surface area (Å²) in [6.07, 6.45) is 1.84. The first-order chi connectivity index (χ1) is 10.7. The molecule has 3 heterocycles. The first kappa shape index (κ1) is 15.5. The first-order valence-corrected chi connectivity index (χ1v) is 9.16. The fourth-order valence-corrected chi connectivity index (χ4v) is 3.88. The quantitative estimate of drug-likeness (QED) is 0.837. The largest absolute Gasteiger partial charge is 0.346 e. The van der Waals surface area contributed by atoms with Crippen LogP contribution in [-0.2, 0) is 11.3 Å². The molecule has 0 aromatic carbocycles. The number of hydrogen-bond donors (Lipinski definition) is 0. The number of thiazole rings is 1. The molecule has 0 unspecified atom stereocenters. The molecule has 0 saturated carbocycles. The van der Waals surface area contributed by atoms with E-state index in [1.807, 2.05) is 28.9 Å². The van der Waals surface area contributed by atoms with Crippen LogP contribution < -0.4 is 4.90 Å². The number of carbonyl (C=O) groups excluding carboxylic acids is 1. The number of aromatic nitrogens is 1. The molecule has 22 heavy (non-hydrogen) atoms. The third-order valence-electron chi connectivity index (χ3n) is 3.85. The fourth-order valence-electron chi connectivity index (χ4n) is 2.53. The van der Waals surface area contributed by atoms with Crippen LogP contribution in [0.4, 0.5) is 5.13 Å². The van der Waals surface area contributed by atoms with Gasteiger partial charge in [0.15, 0.2) is 5.13 Å². The second-order valence-corrected chi connectivity index (χ2v) is 7.11. The Labute approximate surface area is 138 Å². The van der Waals surface area contributed by atoms with Crippen molar-refractivity contribution in [1.29, 1.82) is 0 Å². The van der Waals surface area contributed by atoms with Gasteiger partial charge < -0.3 is 9.80 Å². The van der Waals surface area contributed by atoms with Crippen molar-refractivity contribution in [3.05, 3.63) is 34.0 Å². The van der Waals surface area contributed by atoms with Crippen LogP contribution in [-0.4, -0.2) is 60.5 Å². The minimum atomic E-state index is 0.189. The molecule has 2 aromatic rings. The number of likely N-dealkylation sites (N-methyl/N-ethyl adjacent to an activating group) is 1. The lowest BCUT2D eigenvalue weighted by molar-refractivity contribution is -0.131. The van der Waals surface area contributed by atoms with Crippen molar-refractivity contribution in [2.45, 2.75) is 6.54 Å². The summed E-state index contributed by atoms with van der Waals surface area (Å²) in [6, 6.07) is 2.07. The van der Waals surface area contributed by atoms with Gasteiger partial charge in [-0.05, 0) is 22.4 Å². The Balaban J connectivity index is 1.45. The highest BCUT2D eigenvalue weighted by Crippen LogP contribution is 2.18. The van der Waals surface area contributed by atoms with Crippen LogP contribution in [0.15, 0.2) is 28.4 Å². The number of amides is 1. The molecule has 1 aliphatic rings. The van der Waals surface area contributed by atoms with Gasteiger partial charge in [0.1, 0.15) is 0 Å². The van der Waals surface area contributed by atoms with Crippen molar-refractivity contribution in [3.8, 4) is 0 Å². The van der Waals surface area contributed by atoms with E-state index in [0.717, 1.165) is 31.3 Å². The highest BCUT2D eigenvalue weighted by atomic mass is 32.1. The van der Waals surface area contributed by atoms with Crippen molar-refractivity contribution < 1.29 is 4.79 Å². The van der Waals surface area contributed by atoms with Crippen LogP contribution in [0, 0.1) is 0 Å². The first-order valence-electron chi connectivity index (χ1n) is 7.34. The van der Waals surface area contributed by atoms with E-state index in [-0.39, 0.29) is 5.91 Å². The van der Waals surface area contributed by atoms with Gasteiger partial charge in [-0.1, -0.05) is 0 Å². The molecule has 5 nitrogen and oxygen atoms in total. The molecule has 7 heteroatoms. The Morgan fingerprint density at radius 2 is 2.14 bits per heavy atom. The molecule has 1 saturated heterocycles. The standard InChI is InChI=1S/C15H20N4OS2/c1-17(10-13-2-8-21-12-13)14(20)11-18-4-6-19(7-5-18)15-16-3-9-22-15/h2-3,8-9,12H,4-7,10-11H2,1H3. The maximum absolute atomic E-state index is 12.3. The molecule has 118 valence electrons. The normalized spacial score (nSPS) is 16.0. The topological polar surface area (TPSA) is 39.7 Å². The zero-order valence-electron chi connectivity index (χ0n) is 12.6. The van der Waals surface area contributed by atoms with Crippen molar-refractivity contribution in [2.24, 2.45) is 0 Å². The number of carbonyl (C=O) groups is 1. The average Bonchev–Trinajstić information content (AvgIpc) is 3.21. The number of rotatable bonds is 5. The molecular weight excluding hydrogens is 316 g/mol. The maximum atomic E-state index is 12.3. The zero-order valence-corrected chi connectivity index (χ0v) is 14.3. The van der Waals surface area contributed by atoms with E-state index in [0.29, 0.717) is 13.1 Å². The number of piperazine rings is 1. The molecule has 0 radical (unpaired) electrons. The van der Waals surface area contributed by atoms with Crippen molar-refractivity contribution in [1.82, 2.24) is 14.8 Å². The van der Waals surface area contributed by atoms with Gasteiger partial charge in [-0.3, -0.25) is 9.69 Å². The van der Waals surface area contributed by atoms with E-state index >= 15 is 0 Å². The van der Waals surface area contributed by atoms with E-state index < -0.39 is 0 Å². The van der Waals surface area contributed by atoms with Gasteiger partial charge in [-0.15, -0.1) is 11.3 Å². The molecule has 1 fully saturated rings. The lowest BCUT2D eigenvalue weighted by Gasteiger charge is -2.34. The summed E-state index contributed by atoms with van der Waals surface area (Å²) < 4.78 is 0. The van der Waals surface area contributed by atoms with E-state index in [9.17, 15) is 4.79 Å². The fraction of sp³-hybridized carbons (Fsp3) is 0.467. The van der Waals surface area contributed by atoms with Crippen LogP contribution in [0.2, 0.25) is 0 Å². The second-order valence-electron chi connectivity index (χ2n) is 5.46. The van der Waals surface area contributed by atoms with E-state index in [1.54, 1.807) is 22.7 Å². The molecule has 2 aromatic heterocycles. The van der Waals surface area contributed by atoms with E-state index in [2.05, 4.69) is 26.2 Å². The van der Waals surface area contributed by atoms with E-state index in [1.165, 1.54) is 5.56 Å². The summed E-state index contributed by atoms with van der Waals surface area (Å²) in [5.74, 6) is 0.189. The van der Waals surface area contributed by atoms with Crippen LogP contribution in [0.25, 0.3) is 0 Å². The summed E-state index contributed by atoms with van der Waals surface area (Å²) in [7, 11) is 1.88. The van der Waals surface area contributed by atoms with Gasteiger partial charge >= 0.3 is 0 Å². The molecule has 1 aliphatic heterocycles. The number of hydrogen-bond acceptors (Lipinski definition) is 6. The number of anilines is 1. The average molecular weight is 336 g/mol. The molecule has 0 atom stereocenters. The lowest BCUT2D eigenvalue weighted by Crippen LogP contribution is -2.49. The van der Waals surface area contributed by atoms with Crippen molar-refractivity contribution in [3.63, 3.8) is 0 Å². The molecule has 0 aliphatic carbocycles. The molecule has 0 bridgehead atoms. The predicted molar refractivity (Wildman–Crippen MR) is 91.6 cm³/mol. The molecule has 0 spiro atoms. The predicted octanol–water partition coefficient (Wildman–Crippen LogP) is 1.99. The monoisotopic (exact) mass is 336 g/mol. The van der Waals surface area contributed by atoms with Crippen LogP contribution >= 0.6 is 22.7 Å². The third-order valence-corrected chi connectivity index (χ3v) is 5.41. The summed E-state index contributed by atoms with van der Waals surface area (Å²) in [5.41, 5.74) is 1.20. The third kappa shape index (κ3) is 3.85. The smallest absolute Gasteiger partial charge is 0.236 e. The molecule has 3 rings (SSSR count). The highest BCUT2D eigenvalue weighted by molar-refractivity contribution is 7.13. The summed E-state index contributed by atoms with van der Waals surface area (Å²) in [4.78, 5) is 23.0. The van der Waals surface area contributed by atoms with Crippen LogP contribution in [0.1, 0.15) is 5.56 Å². The SMILES string of the molecule is CN(Cc1ccsc1)C(=O)CN1CCN(c2nccs2)CC1. The minimum absolute atomic E-state index is 0.189. The summed E-state index contributed by atoms with van der Waals surface area (Å²) in [5, 5.41) is 7.23. The molecule has 0 N–H and O–H groups in total. The molecule has 1 amide bonds. The van der Waals surface area contributed by atoms with Gasteiger partial charge in [0.25, 0.3) is 0 Å². The molecular formula is C15H20N4OS2. The Hall–Kier alpha value is -1.44. The highest BCUT2D eigenvalue weighted by Gasteiger charge is 2.21. The van der Waals surface area contributed by atoms with Gasteiger partial charge in [0.2, 0.25) is 5.91 Å². The van der Waals surface area contributed by atoms with Gasteiger partial charge in [-0.25, -0.2) is 4.98 Å².